The average Bonchev–Trinajstić information content (AvgIpc) is 2.91. The summed E-state index contributed by atoms with van der Waals surface area (Å²) in [6, 6.07) is 15.8. The third-order valence-electron chi connectivity index (χ3n) is 3.69. The van der Waals surface area contributed by atoms with Crippen molar-refractivity contribution in [2.75, 3.05) is 5.01 Å². The summed E-state index contributed by atoms with van der Waals surface area (Å²) in [6.45, 7) is 1.74. The van der Waals surface area contributed by atoms with Crippen molar-refractivity contribution in [3.05, 3.63) is 65.2 Å². The molecule has 0 fully saturated rings. The quantitative estimate of drug-likeness (QED) is 0.676. The van der Waals surface area contributed by atoms with Crippen molar-refractivity contribution < 1.29 is 9.59 Å². The van der Waals surface area contributed by atoms with E-state index in [1.54, 1.807) is 43.3 Å². The molecule has 126 valence electrons. The van der Waals surface area contributed by atoms with Crippen molar-refractivity contribution in [3.8, 4) is 0 Å². The molecule has 0 unspecified atom stereocenters. The van der Waals surface area contributed by atoms with Gasteiger partial charge in [-0.25, -0.2) is 5.43 Å². The van der Waals surface area contributed by atoms with Crippen LogP contribution in [0.1, 0.15) is 17.3 Å². The molecule has 0 saturated carbocycles. The number of benzene rings is 2. The van der Waals surface area contributed by atoms with Gasteiger partial charge in [0, 0.05) is 6.21 Å². The molecule has 7 heteroatoms. The van der Waals surface area contributed by atoms with Crippen molar-refractivity contribution in [2.24, 2.45) is 16.1 Å². The van der Waals surface area contributed by atoms with Crippen molar-refractivity contribution >= 4 is 41.0 Å². The van der Waals surface area contributed by atoms with Crippen LogP contribution < -0.4 is 10.4 Å². The Kier molecular flexibility index (Phi) is 4.90. The number of anilines is 1. The van der Waals surface area contributed by atoms with Crippen molar-refractivity contribution in [3.63, 3.8) is 0 Å². The summed E-state index contributed by atoms with van der Waals surface area (Å²) in [6.07, 6.45) is 1.37. The summed E-state index contributed by atoms with van der Waals surface area (Å²) in [7, 11) is 0. The van der Waals surface area contributed by atoms with E-state index in [1.165, 1.54) is 11.2 Å². The van der Waals surface area contributed by atoms with Crippen LogP contribution in [0.3, 0.4) is 0 Å². The maximum atomic E-state index is 12.5. The first kappa shape index (κ1) is 16.9. The normalized spacial score (nSPS) is 17.0. The van der Waals surface area contributed by atoms with Crippen LogP contribution in [0.5, 0.6) is 0 Å². The predicted octanol–water partition coefficient (Wildman–Crippen LogP) is 3.09. The highest BCUT2D eigenvalue weighted by atomic mass is 35.5. The van der Waals surface area contributed by atoms with Crippen LogP contribution in [0.4, 0.5) is 5.69 Å². The number of hydrogen-bond acceptors (Lipinski definition) is 4. The molecule has 0 saturated heterocycles. The zero-order chi connectivity index (χ0) is 17.8. The molecule has 0 aromatic heterocycles. The van der Waals surface area contributed by atoms with E-state index in [1.807, 2.05) is 18.2 Å². The van der Waals surface area contributed by atoms with Crippen molar-refractivity contribution in [1.82, 2.24) is 5.43 Å². The Morgan fingerprint density at radius 2 is 1.88 bits per heavy atom. The van der Waals surface area contributed by atoms with Gasteiger partial charge in [0.2, 0.25) is 0 Å². The fourth-order valence-corrected chi connectivity index (χ4v) is 2.60. The van der Waals surface area contributed by atoms with Gasteiger partial charge in [-0.1, -0.05) is 41.9 Å². The first-order chi connectivity index (χ1) is 12.1. The van der Waals surface area contributed by atoms with Gasteiger partial charge in [0.05, 0.1) is 22.0 Å². The summed E-state index contributed by atoms with van der Waals surface area (Å²) < 4.78 is 0. The number of hydrazone groups is 2. The number of carbonyl (C=O) groups is 2. The van der Waals surface area contributed by atoms with Gasteiger partial charge in [0.1, 0.15) is 5.92 Å². The summed E-state index contributed by atoms with van der Waals surface area (Å²) in [5.41, 5.74) is 3.98. The van der Waals surface area contributed by atoms with Crippen LogP contribution in [0.25, 0.3) is 0 Å². The Bertz CT molecular complexity index is 864. The molecular weight excluding hydrogens is 340 g/mol. The molecule has 2 aromatic rings. The van der Waals surface area contributed by atoms with Gasteiger partial charge in [-0.05, 0) is 31.2 Å². The van der Waals surface area contributed by atoms with E-state index in [0.717, 1.165) is 0 Å². The highest BCUT2D eigenvalue weighted by molar-refractivity contribution is 6.33. The smallest absolute Gasteiger partial charge is 0.271 e. The van der Waals surface area contributed by atoms with Crippen LogP contribution in [-0.2, 0) is 4.79 Å². The lowest BCUT2D eigenvalue weighted by Gasteiger charge is -2.12. The number of rotatable bonds is 4. The van der Waals surface area contributed by atoms with Crippen LogP contribution in [0, 0.1) is 5.92 Å². The van der Waals surface area contributed by atoms with Gasteiger partial charge in [-0.15, -0.1) is 0 Å². The largest absolute Gasteiger partial charge is 0.272 e. The number of nitrogens with zero attached hydrogens (tertiary/aromatic N) is 3. The molecule has 1 aliphatic rings. The number of halogens is 1. The van der Waals surface area contributed by atoms with E-state index in [0.29, 0.717) is 22.0 Å². The van der Waals surface area contributed by atoms with E-state index in [-0.39, 0.29) is 5.91 Å². The van der Waals surface area contributed by atoms with Crippen molar-refractivity contribution in [2.45, 2.75) is 6.92 Å². The molecule has 0 bridgehead atoms. The molecule has 1 heterocycles. The summed E-state index contributed by atoms with van der Waals surface area (Å²) in [4.78, 5) is 24.6. The minimum absolute atomic E-state index is 0.223. The fraction of sp³-hybridized carbons (Fsp3) is 0.111. The van der Waals surface area contributed by atoms with Crippen LogP contribution in [0.15, 0.2) is 64.8 Å². The standard InChI is InChI=1S/C18H15ClN4O2/c1-12-15(18(25)23(22-12)13-7-3-2-4-8-13)11-20-21-17(24)14-9-5-6-10-16(14)19/h2-11,15H,1H3,(H,21,24)/b20-11-/t15-/m1/s1. The molecule has 6 nitrogen and oxygen atoms in total. The minimum Gasteiger partial charge on any atom is -0.271 e. The highest BCUT2D eigenvalue weighted by Gasteiger charge is 2.33. The Hall–Kier alpha value is -2.99. The van der Waals surface area contributed by atoms with E-state index in [9.17, 15) is 9.59 Å². The Labute approximate surface area is 149 Å². The first-order valence-electron chi connectivity index (χ1n) is 7.60. The van der Waals surface area contributed by atoms with Crippen LogP contribution in [-0.4, -0.2) is 23.7 Å². The maximum absolute atomic E-state index is 12.5. The zero-order valence-electron chi connectivity index (χ0n) is 13.4. The lowest BCUT2D eigenvalue weighted by atomic mass is 10.1. The Balaban J connectivity index is 1.68. The molecular formula is C18H15ClN4O2. The number of carbonyl (C=O) groups excluding carboxylic acids is 2. The summed E-state index contributed by atoms with van der Waals surface area (Å²) >= 11 is 5.97. The third kappa shape index (κ3) is 3.59. The second kappa shape index (κ2) is 7.27. The summed E-state index contributed by atoms with van der Waals surface area (Å²) in [5.74, 6) is -1.28. The average molecular weight is 355 g/mol. The lowest BCUT2D eigenvalue weighted by molar-refractivity contribution is -0.118. The Morgan fingerprint density at radius 3 is 2.60 bits per heavy atom. The van der Waals surface area contributed by atoms with Gasteiger partial charge < -0.3 is 0 Å². The molecule has 1 atom stereocenters. The second-order valence-electron chi connectivity index (χ2n) is 5.40. The van der Waals surface area contributed by atoms with E-state index in [2.05, 4.69) is 15.6 Å². The van der Waals surface area contributed by atoms with Gasteiger partial charge in [-0.3, -0.25) is 9.59 Å². The number of nitrogens with one attached hydrogen (secondary N) is 1. The van der Waals surface area contributed by atoms with Gasteiger partial charge in [0.15, 0.2) is 0 Å². The molecule has 0 radical (unpaired) electrons. The van der Waals surface area contributed by atoms with E-state index >= 15 is 0 Å². The number of amides is 2. The van der Waals surface area contributed by atoms with Crippen molar-refractivity contribution in [1.29, 1.82) is 0 Å². The molecule has 2 amide bonds. The fourth-order valence-electron chi connectivity index (χ4n) is 2.38. The lowest BCUT2D eigenvalue weighted by Crippen LogP contribution is -2.29. The summed E-state index contributed by atoms with van der Waals surface area (Å²) in [5, 5.41) is 9.82. The molecule has 1 aliphatic heterocycles. The SMILES string of the molecule is CC1=NN(c2ccccc2)C(=O)[C@@H]1/C=N\NC(=O)c1ccccc1Cl. The van der Waals surface area contributed by atoms with Crippen LogP contribution >= 0.6 is 11.6 Å². The molecule has 0 aliphatic carbocycles. The molecule has 3 rings (SSSR count). The van der Waals surface area contributed by atoms with Gasteiger partial charge >= 0.3 is 0 Å². The number of hydrogen-bond donors (Lipinski definition) is 1. The van der Waals surface area contributed by atoms with Crippen LogP contribution in [0.2, 0.25) is 5.02 Å². The topological polar surface area (TPSA) is 74.1 Å². The first-order valence-corrected chi connectivity index (χ1v) is 7.98. The zero-order valence-corrected chi connectivity index (χ0v) is 14.1. The maximum Gasteiger partial charge on any atom is 0.272 e. The number of para-hydroxylation sites is 1. The highest BCUT2D eigenvalue weighted by Crippen LogP contribution is 2.22. The Morgan fingerprint density at radius 1 is 1.20 bits per heavy atom. The predicted molar refractivity (Wildman–Crippen MR) is 97.9 cm³/mol. The molecule has 1 N–H and O–H groups in total. The third-order valence-corrected chi connectivity index (χ3v) is 4.02. The molecule has 2 aromatic carbocycles. The van der Waals surface area contributed by atoms with Gasteiger partial charge in [0.25, 0.3) is 11.8 Å². The van der Waals surface area contributed by atoms with Gasteiger partial charge in [-0.2, -0.15) is 15.2 Å². The molecule has 25 heavy (non-hydrogen) atoms. The molecule has 0 spiro atoms. The van der Waals surface area contributed by atoms with E-state index < -0.39 is 11.8 Å². The monoisotopic (exact) mass is 354 g/mol. The second-order valence-corrected chi connectivity index (χ2v) is 5.81. The minimum atomic E-state index is -0.619. The van der Waals surface area contributed by atoms with E-state index in [4.69, 9.17) is 11.6 Å².